The van der Waals surface area contributed by atoms with E-state index >= 15 is 0 Å². The fourth-order valence-electron chi connectivity index (χ4n) is 1.57. The average Bonchev–Trinajstić information content (AvgIpc) is 2.30. The highest BCUT2D eigenvalue weighted by Gasteiger charge is 2.23. The molecule has 9 heteroatoms. The zero-order valence-corrected chi connectivity index (χ0v) is 14.0. The lowest BCUT2D eigenvalue weighted by Crippen LogP contribution is -2.15. The Hall–Kier alpha value is -1.02. The molecule has 4 nitrogen and oxygen atoms in total. The fraction of sp³-hybridized carbons (Fsp3) is 0. The second-order valence-electron chi connectivity index (χ2n) is 3.97. The van der Waals surface area contributed by atoms with E-state index in [2.05, 4.69) is 15.9 Å². The maximum absolute atomic E-state index is 13.6. The van der Waals surface area contributed by atoms with E-state index in [1.807, 2.05) is 4.72 Å². The number of phenolic OH excluding ortho intramolecular Hbond substituents is 1. The Morgan fingerprint density at radius 3 is 2.24 bits per heavy atom. The molecule has 112 valence electrons. The molecule has 0 radical (unpaired) electrons. The van der Waals surface area contributed by atoms with Crippen LogP contribution in [-0.4, -0.2) is 13.5 Å². The molecule has 0 unspecified atom stereocenters. The van der Waals surface area contributed by atoms with Gasteiger partial charge in [-0.2, -0.15) is 0 Å². The number of phenols is 1. The molecule has 0 saturated heterocycles. The molecular weight excluding hydrogens is 408 g/mol. The lowest BCUT2D eigenvalue weighted by molar-refractivity contribution is 0.469. The van der Waals surface area contributed by atoms with Crippen LogP contribution in [-0.2, 0) is 10.0 Å². The number of rotatable bonds is 3. The first-order valence-electron chi connectivity index (χ1n) is 5.36. The number of hydrogen-bond donors (Lipinski definition) is 2. The fourth-order valence-corrected chi connectivity index (χ4v) is 4.57. The number of aromatic hydroxyl groups is 1. The summed E-state index contributed by atoms with van der Waals surface area (Å²) in [5.74, 6) is -1.25. The molecule has 0 aliphatic heterocycles. The molecule has 0 aliphatic carbocycles. The molecule has 2 N–H and O–H groups in total. The smallest absolute Gasteiger partial charge is 0.264 e. The summed E-state index contributed by atoms with van der Waals surface area (Å²) in [6, 6.07) is 5.72. The summed E-state index contributed by atoms with van der Waals surface area (Å²) < 4.78 is 40.7. The lowest BCUT2D eigenvalue weighted by atomic mass is 10.3. The SMILES string of the molecule is O=S(=O)(Nc1ccc(O)cc1F)c1c(Cl)cc(Br)cc1Cl. The summed E-state index contributed by atoms with van der Waals surface area (Å²) >= 11 is 14.9. The minimum absolute atomic E-state index is 0.110. The molecular formula is C12H7BrCl2FNO3S. The average molecular weight is 415 g/mol. The monoisotopic (exact) mass is 413 g/mol. The van der Waals surface area contributed by atoms with Crippen LogP contribution >= 0.6 is 39.1 Å². The number of halogens is 4. The highest BCUT2D eigenvalue weighted by Crippen LogP contribution is 2.34. The highest BCUT2D eigenvalue weighted by atomic mass is 79.9. The molecule has 0 bridgehead atoms. The van der Waals surface area contributed by atoms with Gasteiger partial charge in [-0.1, -0.05) is 39.1 Å². The van der Waals surface area contributed by atoms with E-state index < -0.39 is 15.8 Å². The van der Waals surface area contributed by atoms with Crippen LogP contribution in [0, 0.1) is 5.82 Å². The molecule has 2 aromatic rings. The van der Waals surface area contributed by atoms with Crippen LogP contribution in [0.25, 0.3) is 0 Å². The van der Waals surface area contributed by atoms with Crippen molar-refractivity contribution in [2.75, 3.05) is 4.72 Å². The van der Waals surface area contributed by atoms with E-state index in [1.54, 1.807) is 0 Å². The van der Waals surface area contributed by atoms with Gasteiger partial charge >= 0.3 is 0 Å². The quantitative estimate of drug-likeness (QED) is 0.731. The molecule has 0 aliphatic rings. The van der Waals surface area contributed by atoms with E-state index in [4.69, 9.17) is 28.3 Å². The van der Waals surface area contributed by atoms with Crippen molar-refractivity contribution in [2.24, 2.45) is 0 Å². The summed E-state index contributed by atoms with van der Waals surface area (Å²) in [4.78, 5) is -0.360. The van der Waals surface area contributed by atoms with Crippen molar-refractivity contribution in [3.8, 4) is 5.75 Å². The molecule has 0 heterocycles. The Morgan fingerprint density at radius 2 is 1.71 bits per heavy atom. The number of anilines is 1. The minimum atomic E-state index is -4.18. The summed E-state index contributed by atoms with van der Waals surface area (Å²) in [5, 5.41) is 8.89. The molecule has 21 heavy (non-hydrogen) atoms. The summed E-state index contributed by atoms with van der Waals surface area (Å²) in [6.07, 6.45) is 0. The van der Waals surface area contributed by atoms with Gasteiger partial charge in [0.2, 0.25) is 0 Å². The van der Waals surface area contributed by atoms with Gasteiger partial charge < -0.3 is 5.11 Å². The Kier molecular flexibility index (Phi) is 4.67. The third-order valence-corrected chi connectivity index (χ3v) is 5.17. The van der Waals surface area contributed by atoms with Crippen LogP contribution in [0.2, 0.25) is 10.0 Å². The van der Waals surface area contributed by atoms with Crippen LogP contribution in [0.4, 0.5) is 10.1 Å². The van der Waals surface area contributed by atoms with Crippen molar-refractivity contribution in [2.45, 2.75) is 4.90 Å². The van der Waals surface area contributed by atoms with Crippen LogP contribution in [0.5, 0.6) is 5.75 Å². The Morgan fingerprint density at radius 1 is 1.14 bits per heavy atom. The number of hydrogen-bond acceptors (Lipinski definition) is 3. The van der Waals surface area contributed by atoms with Gasteiger partial charge in [0.05, 0.1) is 15.7 Å². The second kappa shape index (κ2) is 6.00. The lowest BCUT2D eigenvalue weighted by Gasteiger charge is -2.12. The standard InChI is InChI=1S/C12H7BrCl2FNO3S/c13-6-3-8(14)12(9(15)4-6)21(19,20)17-11-2-1-7(18)5-10(11)16/h1-5,17-18H. The maximum Gasteiger partial charge on any atom is 0.264 e. The largest absolute Gasteiger partial charge is 0.508 e. The first-order valence-corrected chi connectivity index (χ1v) is 8.40. The van der Waals surface area contributed by atoms with Crippen molar-refractivity contribution < 1.29 is 17.9 Å². The van der Waals surface area contributed by atoms with Gasteiger partial charge in [-0.05, 0) is 24.3 Å². The Balaban J connectivity index is 2.48. The highest BCUT2D eigenvalue weighted by molar-refractivity contribution is 9.10. The van der Waals surface area contributed by atoms with Crippen molar-refractivity contribution in [1.29, 1.82) is 0 Å². The summed E-state index contributed by atoms with van der Waals surface area (Å²) in [7, 11) is -4.18. The maximum atomic E-state index is 13.6. The number of benzene rings is 2. The molecule has 0 saturated carbocycles. The van der Waals surface area contributed by atoms with Crippen molar-refractivity contribution in [3.63, 3.8) is 0 Å². The predicted molar refractivity (Wildman–Crippen MR) is 83.0 cm³/mol. The molecule has 0 fully saturated rings. The second-order valence-corrected chi connectivity index (χ2v) is 7.32. The number of nitrogens with one attached hydrogen (secondary N) is 1. The molecule has 0 atom stereocenters. The zero-order chi connectivity index (χ0) is 15.8. The van der Waals surface area contributed by atoms with Crippen LogP contribution in [0.3, 0.4) is 0 Å². The van der Waals surface area contributed by atoms with Crippen LogP contribution in [0.1, 0.15) is 0 Å². The number of sulfonamides is 1. The van der Waals surface area contributed by atoms with E-state index in [9.17, 15) is 12.8 Å². The first-order chi connectivity index (χ1) is 9.70. The zero-order valence-electron chi connectivity index (χ0n) is 10.1. The van der Waals surface area contributed by atoms with Crippen LogP contribution in [0.15, 0.2) is 39.7 Å². The van der Waals surface area contributed by atoms with Crippen molar-refractivity contribution in [1.82, 2.24) is 0 Å². The van der Waals surface area contributed by atoms with E-state index in [1.165, 1.54) is 12.1 Å². The van der Waals surface area contributed by atoms with Gasteiger partial charge in [0.15, 0.2) is 5.82 Å². The summed E-state index contributed by atoms with van der Waals surface area (Å²) in [6.45, 7) is 0. The van der Waals surface area contributed by atoms with Gasteiger partial charge in [-0.3, -0.25) is 4.72 Å². The van der Waals surface area contributed by atoms with E-state index in [0.29, 0.717) is 4.47 Å². The predicted octanol–water partition coefficient (Wildman–Crippen LogP) is 4.40. The first kappa shape index (κ1) is 16.4. The van der Waals surface area contributed by atoms with Gasteiger partial charge in [0, 0.05) is 10.5 Å². The molecule has 0 spiro atoms. The van der Waals surface area contributed by atoms with Gasteiger partial charge in [0.1, 0.15) is 10.6 Å². The van der Waals surface area contributed by atoms with Crippen molar-refractivity contribution >= 4 is 54.8 Å². The molecule has 2 aromatic carbocycles. The van der Waals surface area contributed by atoms with Gasteiger partial charge in [-0.25, -0.2) is 12.8 Å². The molecule has 0 aromatic heterocycles. The minimum Gasteiger partial charge on any atom is -0.508 e. The third kappa shape index (κ3) is 3.60. The summed E-state index contributed by atoms with van der Waals surface area (Å²) in [5.41, 5.74) is -0.331. The van der Waals surface area contributed by atoms with Gasteiger partial charge in [0.25, 0.3) is 10.0 Å². The van der Waals surface area contributed by atoms with Crippen LogP contribution < -0.4 is 4.72 Å². The third-order valence-electron chi connectivity index (χ3n) is 2.43. The Bertz CT molecular complexity index is 791. The normalized spacial score (nSPS) is 11.4. The Labute approximate surface area is 138 Å². The van der Waals surface area contributed by atoms with E-state index in [0.717, 1.165) is 18.2 Å². The van der Waals surface area contributed by atoms with Gasteiger partial charge in [-0.15, -0.1) is 0 Å². The topological polar surface area (TPSA) is 66.4 Å². The molecule has 2 rings (SSSR count). The van der Waals surface area contributed by atoms with E-state index in [-0.39, 0.29) is 26.4 Å². The van der Waals surface area contributed by atoms with Crippen molar-refractivity contribution in [3.05, 3.63) is 50.7 Å². The molecule has 0 amide bonds.